The van der Waals surface area contributed by atoms with Crippen LogP contribution in [0.2, 0.25) is 0 Å². The number of hydrogen-bond donors (Lipinski definition) is 1. The standard InChI is InChI=1S/C28H42N2O7/c1-17(2)30-19(5)24(13-20-9-11-22(12-10-20)34-18(3)4)26(29-30)36-25-15-21(31)14-23(35-25)16-33-27(32)37-28(6,7)8/h9-12,17-18,21,23,25,31H,13-16H2,1-8H3/t21-,23-,25-/m0/s1. The molecule has 0 radical (unpaired) electrons. The van der Waals surface area contributed by atoms with Crippen LogP contribution in [-0.2, 0) is 20.6 Å². The van der Waals surface area contributed by atoms with Gasteiger partial charge in [-0.05, 0) is 73.1 Å². The van der Waals surface area contributed by atoms with Gasteiger partial charge in [0.15, 0.2) is 0 Å². The van der Waals surface area contributed by atoms with Crippen molar-refractivity contribution in [1.82, 2.24) is 9.78 Å². The second kappa shape index (κ2) is 12.2. The Morgan fingerprint density at radius 3 is 2.43 bits per heavy atom. The highest BCUT2D eigenvalue weighted by molar-refractivity contribution is 5.60. The van der Waals surface area contributed by atoms with Crippen molar-refractivity contribution in [1.29, 1.82) is 0 Å². The lowest BCUT2D eigenvalue weighted by Gasteiger charge is -2.32. The number of rotatable bonds is 9. The molecule has 0 unspecified atom stereocenters. The third kappa shape index (κ3) is 8.64. The summed E-state index contributed by atoms with van der Waals surface area (Å²) in [6, 6.07) is 8.16. The van der Waals surface area contributed by atoms with Crippen molar-refractivity contribution in [3.05, 3.63) is 41.1 Å². The number of aliphatic hydroxyl groups is 1. The van der Waals surface area contributed by atoms with E-state index < -0.39 is 30.3 Å². The summed E-state index contributed by atoms with van der Waals surface area (Å²) < 4.78 is 30.3. The third-order valence-electron chi connectivity index (χ3n) is 5.77. The molecule has 0 saturated carbocycles. The van der Waals surface area contributed by atoms with Crippen LogP contribution >= 0.6 is 0 Å². The van der Waals surface area contributed by atoms with Gasteiger partial charge in [-0.2, -0.15) is 0 Å². The largest absolute Gasteiger partial charge is 0.508 e. The quantitative estimate of drug-likeness (QED) is 0.444. The minimum Gasteiger partial charge on any atom is -0.491 e. The van der Waals surface area contributed by atoms with Crippen LogP contribution in [0.3, 0.4) is 0 Å². The SMILES string of the molecule is Cc1c(Cc2ccc(OC(C)C)cc2)c(O[C@H]2C[C@@H](O)C[C@@H](COC(=O)OC(C)(C)C)O2)nn1C(C)C. The minimum absolute atomic E-state index is 0.0387. The van der Waals surface area contributed by atoms with Crippen molar-refractivity contribution in [2.24, 2.45) is 0 Å². The molecule has 1 aromatic carbocycles. The van der Waals surface area contributed by atoms with E-state index in [1.54, 1.807) is 20.8 Å². The lowest BCUT2D eigenvalue weighted by Crippen LogP contribution is -2.41. The Balaban J connectivity index is 1.72. The van der Waals surface area contributed by atoms with Crippen molar-refractivity contribution in [2.75, 3.05) is 6.61 Å². The summed E-state index contributed by atoms with van der Waals surface area (Å²) in [5.41, 5.74) is 2.41. The first-order valence-corrected chi connectivity index (χ1v) is 13.0. The van der Waals surface area contributed by atoms with E-state index in [1.165, 1.54) is 0 Å². The fraction of sp³-hybridized carbons (Fsp3) is 0.643. The number of ether oxygens (including phenoxy) is 5. The van der Waals surface area contributed by atoms with Gasteiger partial charge < -0.3 is 28.8 Å². The van der Waals surface area contributed by atoms with Gasteiger partial charge in [-0.25, -0.2) is 4.79 Å². The van der Waals surface area contributed by atoms with Crippen molar-refractivity contribution >= 4 is 6.16 Å². The molecule has 9 nitrogen and oxygen atoms in total. The molecule has 2 heterocycles. The molecule has 3 atom stereocenters. The molecule has 1 aliphatic rings. The Labute approximate surface area is 220 Å². The van der Waals surface area contributed by atoms with Gasteiger partial charge >= 0.3 is 6.16 Å². The monoisotopic (exact) mass is 518 g/mol. The van der Waals surface area contributed by atoms with E-state index in [0.29, 0.717) is 18.7 Å². The molecule has 3 rings (SSSR count). The first-order valence-electron chi connectivity index (χ1n) is 13.0. The zero-order valence-corrected chi connectivity index (χ0v) is 23.3. The summed E-state index contributed by atoms with van der Waals surface area (Å²) in [7, 11) is 0. The van der Waals surface area contributed by atoms with Crippen LogP contribution in [0.4, 0.5) is 4.79 Å². The lowest BCUT2D eigenvalue weighted by atomic mass is 10.0. The van der Waals surface area contributed by atoms with Crippen molar-refractivity contribution in [2.45, 2.75) is 111 Å². The van der Waals surface area contributed by atoms with Crippen LogP contribution < -0.4 is 9.47 Å². The highest BCUT2D eigenvalue weighted by Crippen LogP contribution is 2.31. The van der Waals surface area contributed by atoms with Gasteiger partial charge in [-0.15, -0.1) is 5.10 Å². The molecule has 37 heavy (non-hydrogen) atoms. The predicted octanol–water partition coefficient (Wildman–Crippen LogP) is 5.35. The topological polar surface area (TPSA) is 101 Å². The first-order chi connectivity index (χ1) is 17.3. The third-order valence-corrected chi connectivity index (χ3v) is 5.77. The lowest BCUT2D eigenvalue weighted by molar-refractivity contribution is -0.188. The Morgan fingerprint density at radius 2 is 1.84 bits per heavy atom. The molecule has 0 spiro atoms. The summed E-state index contributed by atoms with van der Waals surface area (Å²) >= 11 is 0. The zero-order chi connectivity index (χ0) is 27.3. The zero-order valence-electron chi connectivity index (χ0n) is 23.3. The highest BCUT2D eigenvalue weighted by atomic mass is 16.7. The number of aromatic nitrogens is 2. The van der Waals surface area contributed by atoms with Crippen LogP contribution in [0.25, 0.3) is 0 Å². The molecule has 1 fully saturated rings. The summed E-state index contributed by atoms with van der Waals surface area (Å²) in [5, 5.41) is 15.2. The highest BCUT2D eigenvalue weighted by Gasteiger charge is 2.33. The van der Waals surface area contributed by atoms with Gasteiger partial charge in [0.1, 0.15) is 18.0 Å². The van der Waals surface area contributed by atoms with E-state index >= 15 is 0 Å². The Bertz CT molecular complexity index is 1020. The van der Waals surface area contributed by atoms with Gasteiger partial charge in [0, 0.05) is 36.6 Å². The second-order valence-corrected chi connectivity index (χ2v) is 11.1. The number of carbonyl (C=O) groups excluding carboxylic acids is 1. The Hall–Kier alpha value is -2.78. The van der Waals surface area contributed by atoms with Crippen molar-refractivity contribution in [3.63, 3.8) is 0 Å². The van der Waals surface area contributed by atoms with Crippen LogP contribution in [0.5, 0.6) is 11.6 Å². The normalized spacial score (nSPS) is 20.2. The smallest absolute Gasteiger partial charge is 0.491 e. The second-order valence-electron chi connectivity index (χ2n) is 11.1. The van der Waals surface area contributed by atoms with E-state index in [2.05, 4.69) is 13.8 Å². The van der Waals surface area contributed by atoms with Gasteiger partial charge in [0.2, 0.25) is 12.2 Å². The number of nitrogens with zero attached hydrogens (tertiary/aromatic N) is 2. The number of carbonyl (C=O) groups is 1. The van der Waals surface area contributed by atoms with E-state index in [4.69, 9.17) is 28.8 Å². The summed E-state index contributed by atoms with van der Waals surface area (Å²) in [4.78, 5) is 11.9. The predicted molar refractivity (Wildman–Crippen MR) is 139 cm³/mol. The van der Waals surface area contributed by atoms with Gasteiger partial charge in [0.05, 0.1) is 18.3 Å². The number of aliphatic hydroxyl groups excluding tert-OH is 1. The summed E-state index contributed by atoms with van der Waals surface area (Å²) in [6.45, 7) is 15.4. The van der Waals surface area contributed by atoms with Crippen molar-refractivity contribution < 1.29 is 33.6 Å². The maximum atomic E-state index is 11.9. The number of hydrogen-bond acceptors (Lipinski definition) is 8. The Morgan fingerprint density at radius 1 is 1.16 bits per heavy atom. The average Bonchev–Trinajstić information content (AvgIpc) is 3.07. The summed E-state index contributed by atoms with van der Waals surface area (Å²) in [6.07, 6.45) is -1.32. The van der Waals surface area contributed by atoms with Gasteiger partial charge in [-0.1, -0.05) is 12.1 Å². The van der Waals surface area contributed by atoms with Crippen LogP contribution in [-0.4, -0.2) is 57.9 Å². The molecule has 1 aromatic heterocycles. The Kier molecular flexibility index (Phi) is 9.47. The molecular weight excluding hydrogens is 476 g/mol. The van der Waals surface area contributed by atoms with Crippen LogP contribution in [0, 0.1) is 6.92 Å². The van der Waals surface area contributed by atoms with Crippen LogP contribution in [0.15, 0.2) is 24.3 Å². The molecule has 0 bridgehead atoms. The molecule has 2 aromatic rings. The van der Waals surface area contributed by atoms with Gasteiger partial charge in [0.25, 0.3) is 0 Å². The molecule has 1 N–H and O–H groups in total. The summed E-state index contributed by atoms with van der Waals surface area (Å²) in [5.74, 6) is 1.30. The van der Waals surface area contributed by atoms with Crippen LogP contribution in [0.1, 0.15) is 84.2 Å². The first kappa shape index (κ1) is 28.8. The molecule has 0 aliphatic carbocycles. The number of benzene rings is 1. The molecule has 206 valence electrons. The van der Waals surface area contributed by atoms with E-state index in [9.17, 15) is 9.90 Å². The molecular formula is C28H42N2O7. The molecule has 1 aliphatic heterocycles. The van der Waals surface area contributed by atoms with Gasteiger partial charge in [-0.3, -0.25) is 4.68 Å². The van der Waals surface area contributed by atoms with E-state index in [-0.39, 0.29) is 25.2 Å². The molecule has 0 amide bonds. The molecule has 9 heteroatoms. The fourth-order valence-electron chi connectivity index (χ4n) is 4.19. The average molecular weight is 519 g/mol. The molecule has 1 saturated heterocycles. The maximum absolute atomic E-state index is 11.9. The van der Waals surface area contributed by atoms with E-state index in [1.807, 2.05) is 49.7 Å². The minimum atomic E-state index is -0.771. The fourth-order valence-corrected chi connectivity index (χ4v) is 4.19. The van der Waals surface area contributed by atoms with Crippen molar-refractivity contribution in [3.8, 4) is 11.6 Å². The van der Waals surface area contributed by atoms with E-state index in [0.717, 1.165) is 22.6 Å². The maximum Gasteiger partial charge on any atom is 0.508 e.